The van der Waals surface area contributed by atoms with Gasteiger partial charge in [0.2, 0.25) is 0 Å². The molecule has 0 unspecified atom stereocenters. The fourth-order valence-corrected chi connectivity index (χ4v) is 1.01. The van der Waals surface area contributed by atoms with Crippen molar-refractivity contribution in [3.63, 3.8) is 0 Å². The second-order valence-corrected chi connectivity index (χ2v) is 2.52. The van der Waals surface area contributed by atoms with Gasteiger partial charge in [-0.2, -0.15) is 0 Å². The van der Waals surface area contributed by atoms with Crippen molar-refractivity contribution in [1.82, 2.24) is 0 Å². The molecule has 12 heavy (non-hydrogen) atoms. The molecular formula is C11H18O. The van der Waals surface area contributed by atoms with Crippen LogP contribution in [-0.4, -0.2) is 12.2 Å². The van der Waals surface area contributed by atoms with Gasteiger partial charge in [-0.05, 0) is 24.0 Å². The van der Waals surface area contributed by atoms with Crippen LogP contribution in [0.1, 0.15) is 25.0 Å². The summed E-state index contributed by atoms with van der Waals surface area (Å²) in [5.74, 6) is 0. The van der Waals surface area contributed by atoms with Crippen LogP contribution in [-0.2, 0) is 12.8 Å². The molecule has 1 aromatic carbocycles. The maximum atomic E-state index is 7.00. The smallest absolute Gasteiger partial charge is 0.0319 e. The maximum absolute atomic E-state index is 7.00. The summed E-state index contributed by atoms with van der Waals surface area (Å²) in [5.41, 5.74) is 2.86. The molecule has 68 valence electrons. The highest BCUT2D eigenvalue weighted by Crippen LogP contribution is 2.04. The van der Waals surface area contributed by atoms with Gasteiger partial charge in [0, 0.05) is 7.11 Å². The highest BCUT2D eigenvalue weighted by molar-refractivity contribution is 5.22. The summed E-state index contributed by atoms with van der Waals surface area (Å²) in [5, 5.41) is 7.00. The first-order valence-electron chi connectivity index (χ1n) is 4.39. The van der Waals surface area contributed by atoms with Crippen molar-refractivity contribution in [1.29, 1.82) is 0 Å². The lowest BCUT2D eigenvalue weighted by atomic mass is 10.1. The van der Waals surface area contributed by atoms with E-state index >= 15 is 0 Å². The Kier molecular flexibility index (Phi) is 6.39. The van der Waals surface area contributed by atoms with Crippen LogP contribution >= 0.6 is 0 Å². The van der Waals surface area contributed by atoms with E-state index < -0.39 is 0 Å². The second-order valence-electron chi connectivity index (χ2n) is 2.52. The quantitative estimate of drug-likeness (QED) is 0.715. The van der Waals surface area contributed by atoms with Gasteiger partial charge >= 0.3 is 0 Å². The van der Waals surface area contributed by atoms with Crippen LogP contribution in [0.2, 0.25) is 0 Å². The van der Waals surface area contributed by atoms with Crippen molar-refractivity contribution >= 4 is 0 Å². The Hall–Kier alpha value is -0.820. The summed E-state index contributed by atoms with van der Waals surface area (Å²) in [6, 6.07) is 8.83. The predicted molar refractivity (Wildman–Crippen MR) is 53.3 cm³/mol. The minimum absolute atomic E-state index is 1.00. The fraction of sp³-hybridized carbons (Fsp3) is 0.455. The molecule has 0 saturated heterocycles. The Labute approximate surface area is 75.1 Å². The Bertz CT molecular complexity index is 166. The van der Waals surface area contributed by atoms with E-state index in [0.29, 0.717) is 0 Å². The summed E-state index contributed by atoms with van der Waals surface area (Å²) in [6.07, 6.45) is 2.29. The number of hydrogen-bond acceptors (Lipinski definition) is 1. The number of aliphatic hydroxyl groups excluding tert-OH is 1. The minimum Gasteiger partial charge on any atom is -0.400 e. The van der Waals surface area contributed by atoms with Crippen molar-refractivity contribution in [2.24, 2.45) is 0 Å². The van der Waals surface area contributed by atoms with E-state index in [1.165, 1.54) is 11.1 Å². The summed E-state index contributed by atoms with van der Waals surface area (Å²) < 4.78 is 0. The van der Waals surface area contributed by atoms with Crippen LogP contribution in [0.15, 0.2) is 24.3 Å². The number of hydrogen-bond donors (Lipinski definition) is 1. The molecule has 0 heterocycles. The van der Waals surface area contributed by atoms with Gasteiger partial charge in [0.15, 0.2) is 0 Å². The molecular weight excluding hydrogens is 148 g/mol. The van der Waals surface area contributed by atoms with Crippen LogP contribution in [0.4, 0.5) is 0 Å². The molecule has 0 aliphatic rings. The standard InChI is InChI=1S/C10H14.CH4O/c1-3-9-5-7-10(4-2)8-6-9;1-2/h5-8H,3-4H2,1-2H3;2H,1H3. The van der Waals surface area contributed by atoms with Gasteiger partial charge in [-0.1, -0.05) is 38.1 Å². The summed E-state index contributed by atoms with van der Waals surface area (Å²) in [4.78, 5) is 0. The van der Waals surface area contributed by atoms with Gasteiger partial charge in [0.05, 0.1) is 0 Å². The molecule has 0 amide bonds. The molecule has 0 atom stereocenters. The van der Waals surface area contributed by atoms with E-state index in [1.807, 2.05) is 0 Å². The summed E-state index contributed by atoms with van der Waals surface area (Å²) in [6.45, 7) is 4.36. The third kappa shape index (κ3) is 3.54. The minimum atomic E-state index is 1.00. The van der Waals surface area contributed by atoms with E-state index in [0.717, 1.165) is 20.0 Å². The lowest BCUT2D eigenvalue weighted by molar-refractivity contribution is 0.399. The van der Waals surface area contributed by atoms with Gasteiger partial charge in [-0.3, -0.25) is 0 Å². The van der Waals surface area contributed by atoms with E-state index in [-0.39, 0.29) is 0 Å². The van der Waals surface area contributed by atoms with Crippen LogP contribution in [0.3, 0.4) is 0 Å². The number of aryl methyl sites for hydroxylation is 2. The lowest BCUT2D eigenvalue weighted by Gasteiger charge is -1.97. The molecule has 0 spiro atoms. The largest absolute Gasteiger partial charge is 0.400 e. The zero-order valence-electron chi connectivity index (χ0n) is 8.17. The van der Waals surface area contributed by atoms with Crippen molar-refractivity contribution in [3.05, 3.63) is 35.4 Å². The zero-order valence-corrected chi connectivity index (χ0v) is 8.17. The SMILES string of the molecule is CCc1ccc(CC)cc1.CO. The van der Waals surface area contributed by atoms with Crippen LogP contribution in [0, 0.1) is 0 Å². The molecule has 1 rings (SSSR count). The Morgan fingerprint density at radius 3 is 1.25 bits per heavy atom. The van der Waals surface area contributed by atoms with Crippen LogP contribution in [0.5, 0.6) is 0 Å². The molecule has 1 heteroatoms. The third-order valence-corrected chi connectivity index (χ3v) is 1.84. The van der Waals surface area contributed by atoms with Gasteiger partial charge < -0.3 is 5.11 Å². The van der Waals surface area contributed by atoms with Crippen molar-refractivity contribution in [2.75, 3.05) is 7.11 Å². The predicted octanol–water partition coefficient (Wildman–Crippen LogP) is 2.42. The highest BCUT2D eigenvalue weighted by atomic mass is 16.2. The molecule has 0 bridgehead atoms. The first-order valence-corrected chi connectivity index (χ1v) is 4.39. The Morgan fingerprint density at radius 2 is 1.08 bits per heavy atom. The van der Waals surface area contributed by atoms with Crippen molar-refractivity contribution in [3.8, 4) is 0 Å². The fourth-order valence-electron chi connectivity index (χ4n) is 1.01. The molecule has 1 N–H and O–H groups in total. The molecule has 0 fully saturated rings. The van der Waals surface area contributed by atoms with Gasteiger partial charge in [-0.25, -0.2) is 0 Å². The average molecular weight is 166 g/mol. The number of rotatable bonds is 2. The van der Waals surface area contributed by atoms with Gasteiger partial charge in [-0.15, -0.1) is 0 Å². The molecule has 0 aromatic heterocycles. The van der Waals surface area contributed by atoms with E-state index in [9.17, 15) is 0 Å². The highest BCUT2D eigenvalue weighted by Gasteiger charge is 1.88. The lowest BCUT2D eigenvalue weighted by Crippen LogP contribution is -1.81. The Balaban J connectivity index is 0.000000561. The molecule has 0 saturated carbocycles. The monoisotopic (exact) mass is 166 g/mol. The number of benzene rings is 1. The number of aliphatic hydroxyl groups is 1. The van der Waals surface area contributed by atoms with E-state index in [1.54, 1.807) is 0 Å². The first kappa shape index (κ1) is 11.2. The third-order valence-electron chi connectivity index (χ3n) is 1.84. The van der Waals surface area contributed by atoms with Crippen molar-refractivity contribution < 1.29 is 5.11 Å². The molecule has 0 aliphatic heterocycles. The van der Waals surface area contributed by atoms with Gasteiger partial charge in [0.25, 0.3) is 0 Å². The first-order chi connectivity index (χ1) is 5.86. The van der Waals surface area contributed by atoms with E-state index in [4.69, 9.17) is 5.11 Å². The Morgan fingerprint density at radius 1 is 0.833 bits per heavy atom. The normalized spacial score (nSPS) is 8.67. The van der Waals surface area contributed by atoms with Crippen molar-refractivity contribution in [2.45, 2.75) is 26.7 Å². The zero-order chi connectivity index (χ0) is 9.40. The topological polar surface area (TPSA) is 20.2 Å². The molecule has 0 aliphatic carbocycles. The summed E-state index contributed by atoms with van der Waals surface area (Å²) in [7, 11) is 1.00. The second kappa shape index (κ2) is 6.86. The summed E-state index contributed by atoms with van der Waals surface area (Å²) >= 11 is 0. The molecule has 1 aromatic rings. The van der Waals surface area contributed by atoms with Crippen LogP contribution < -0.4 is 0 Å². The van der Waals surface area contributed by atoms with Crippen LogP contribution in [0.25, 0.3) is 0 Å². The van der Waals surface area contributed by atoms with Gasteiger partial charge in [0.1, 0.15) is 0 Å². The molecule has 1 nitrogen and oxygen atoms in total. The van der Waals surface area contributed by atoms with E-state index in [2.05, 4.69) is 38.1 Å². The maximum Gasteiger partial charge on any atom is 0.0319 e. The molecule has 0 radical (unpaired) electrons. The average Bonchev–Trinajstić information content (AvgIpc) is 2.21.